The second-order valence-corrected chi connectivity index (χ2v) is 8.95. The van der Waals surface area contributed by atoms with E-state index in [0.717, 1.165) is 12.0 Å². The number of rotatable bonds is 3. The first kappa shape index (κ1) is 14.9. The van der Waals surface area contributed by atoms with E-state index in [1.807, 2.05) is 31.2 Å². The third kappa shape index (κ3) is 3.09. The highest BCUT2D eigenvalue weighted by Crippen LogP contribution is 2.49. The minimum absolute atomic E-state index is 0.0369. The lowest BCUT2D eigenvalue weighted by Gasteiger charge is -2.24. The van der Waals surface area contributed by atoms with E-state index in [2.05, 4.69) is 5.32 Å². The Hall–Kier alpha value is -1.07. The predicted octanol–water partition coefficient (Wildman–Crippen LogP) is 2.14. The van der Waals surface area contributed by atoms with Crippen molar-refractivity contribution in [1.29, 1.82) is 0 Å². The third-order valence-corrected chi connectivity index (χ3v) is 6.61. The van der Waals surface area contributed by atoms with Crippen molar-refractivity contribution in [2.45, 2.75) is 31.2 Å². The molecule has 1 aliphatic heterocycles. The van der Waals surface area contributed by atoms with Gasteiger partial charge in [-0.1, -0.05) is 29.8 Å². The Morgan fingerprint density at radius 2 is 2.10 bits per heavy atom. The first-order valence-corrected chi connectivity index (χ1v) is 9.26. The van der Waals surface area contributed by atoms with Crippen molar-refractivity contribution in [2.24, 2.45) is 5.92 Å². The van der Waals surface area contributed by atoms with Crippen molar-refractivity contribution >= 4 is 27.3 Å². The first-order chi connectivity index (χ1) is 9.80. The molecule has 1 aliphatic carbocycles. The third-order valence-electron chi connectivity index (χ3n) is 4.36. The van der Waals surface area contributed by atoms with Crippen molar-refractivity contribution in [3.8, 4) is 0 Å². The smallest absolute Gasteiger partial charge is 0.224 e. The number of carbonyl (C=O) groups is 1. The lowest BCUT2D eigenvalue weighted by Crippen LogP contribution is -2.47. The zero-order valence-electron chi connectivity index (χ0n) is 11.8. The molecule has 0 aromatic heterocycles. The molecule has 2 fully saturated rings. The average molecular weight is 328 g/mol. The van der Waals surface area contributed by atoms with Gasteiger partial charge in [0.1, 0.15) is 0 Å². The van der Waals surface area contributed by atoms with Gasteiger partial charge in [-0.3, -0.25) is 4.79 Å². The average Bonchev–Trinajstić information content (AvgIpc) is 3.12. The van der Waals surface area contributed by atoms with E-state index in [4.69, 9.17) is 11.6 Å². The highest BCUT2D eigenvalue weighted by atomic mass is 35.5. The fourth-order valence-electron chi connectivity index (χ4n) is 3.10. The largest absolute Gasteiger partial charge is 0.350 e. The number of hydrogen-bond donors (Lipinski definition) is 1. The highest BCUT2D eigenvalue weighted by Gasteiger charge is 2.48. The van der Waals surface area contributed by atoms with Gasteiger partial charge in [0.15, 0.2) is 9.84 Å². The van der Waals surface area contributed by atoms with E-state index in [9.17, 15) is 13.2 Å². The van der Waals surface area contributed by atoms with Crippen LogP contribution in [-0.4, -0.2) is 31.4 Å². The van der Waals surface area contributed by atoms with E-state index in [-0.39, 0.29) is 29.2 Å². The van der Waals surface area contributed by atoms with Crippen molar-refractivity contribution in [1.82, 2.24) is 5.32 Å². The van der Waals surface area contributed by atoms with Gasteiger partial charge in [-0.05, 0) is 37.3 Å². The van der Waals surface area contributed by atoms with Crippen LogP contribution >= 0.6 is 11.6 Å². The summed E-state index contributed by atoms with van der Waals surface area (Å²) in [6, 6.07) is 7.56. The molecule has 6 heteroatoms. The molecule has 2 aliphatic rings. The summed E-state index contributed by atoms with van der Waals surface area (Å²) in [6.45, 7) is 1.81. The maximum atomic E-state index is 12.3. The van der Waals surface area contributed by atoms with Gasteiger partial charge in [0, 0.05) is 10.9 Å². The van der Waals surface area contributed by atoms with Gasteiger partial charge in [-0.25, -0.2) is 8.42 Å². The molecule has 4 nitrogen and oxygen atoms in total. The van der Waals surface area contributed by atoms with Gasteiger partial charge in [0.2, 0.25) is 5.91 Å². The summed E-state index contributed by atoms with van der Waals surface area (Å²) in [4.78, 5) is 12.3. The summed E-state index contributed by atoms with van der Waals surface area (Å²) in [6.07, 6.45) is 1.27. The Labute approximate surface area is 129 Å². The maximum absolute atomic E-state index is 12.3. The fraction of sp³-hybridized carbons (Fsp3) is 0.533. The Bertz CT molecular complexity index is 688. The molecule has 3 unspecified atom stereocenters. The predicted molar refractivity (Wildman–Crippen MR) is 82.1 cm³/mol. The maximum Gasteiger partial charge on any atom is 0.224 e. The molecule has 1 heterocycles. The van der Waals surface area contributed by atoms with Gasteiger partial charge in [-0.2, -0.15) is 0 Å². The summed E-state index contributed by atoms with van der Waals surface area (Å²) in [5.41, 5.74) is 0.382. The topological polar surface area (TPSA) is 63.2 Å². The second kappa shape index (κ2) is 4.99. The molecule has 0 bridgehead atoms. The molecule has 1 amide bonds. The van der Waals surface area contributed by atoms with E-state index >= 15 is 0 Å². The summed E-state index contributed by atoms with van der Waals surface area (Å²) < 4.78 is 23.1. The van der Waals surface area contributed by atoms with Crippen LogP contribution in [0.15, 0.2) is 24.3 Å². The normalized spacial score (nSPS) is 33.6. The van der Waals surface area contributed by atoms with Gasteiger partial charge in [-0.15, -0.1) is 0 Å². The Morgan fingerprint density at radius 3 is 2.71 bits per heavy atom. The molecule has 1 saturated carbocycles. The zero-order valence-corrected chi connectivity index (χ0v) is 13.4. The van der Waals surface area contributed by atoms with E-state index < -0.39 is 15.4 Å². The minimum Gasteiger partial charge on any atom is -0.350 e. The van der Waals surface area contributed by atoms with E-state index in [1.54, 1.807) is 0 Å². The molecule has 114 valence electrons. The number of carbonyl (C=O) groups excluding carboxylic acids is 1. The molecule has 1 N–H and O–H groups in total. The molecule has 3 rings (SSSR count). The summed E-state index contributed by atoms with van der Waals surface area (Å²) >= 11 is 6.15. The van der Waals surface area contributed by atoms with E-state index in [0.29, 0.717) is 11.4 Å². The lowest BCUT2D eigenvalue weighted by atomic mass is 10.0. The van der Waals surface area contributed by atoms with Crippen LogP contribution in [-0.2, 0) is 14.6 Å². The molecule has 1 aromatic rings. The number of hydrogen-bond acceptors (Lipinski definition) is 3. The van der Waals surface area contributed by atoms with Gasteiger partial charge in [0.05, 0.1) is 17.0 Å². The Morgan fingerprint density at radius 1 is 1.38 bits per heavy atom. The van der Waals surface area contributed by atoms with Crippen LogP contribution in [0.4, 0.5) is 0 Å². The zero-order chi connectivity index (χ0) is 15.3. The van der Waals surface area contributed by atoms with Crippen molar-refractivity contribution < 1.29 is 13.2 Å². The van der Waals surface area contributed by atoms with Crippen LogP contribution in [0.5, 0.6) is 0 Å². The van der Waals surface area contributed by atoms with Crippen LogP contribution < -0.4 is 5.32 Å². The van der Waals surface area contributed by atoms with E-state index in [1.165, 1.54) is 0 Å². The monoisotopic (exact) mass is 327 g/mol. The van der Waals surface area contributed by atoms with Crippen LogP contribution in [0.3, 0.4) is 0 Å². The number of nitrogens with one attached hydrogen (secondary N) is 1. The van der Waals surface area contributed by atoms with Crippen LogP contribution in [0.1, 0.15) is 31.2 Å². The standard InChI is InChI=1S/C15H18ClNO3S/c1-15(6-7-21(19,20)9-15)17-14(18)12-8-11(12)10-4-2-3-5-13(10)16/h2-5,11-12H,6-9H2,1H3,(H,17,18). The summed E-state index contributed by atoms with van der Waals surface area (Å²) in [7, 11) is -3.01. The van der Waals surface area contributed by atoms with Gasteiger partial charge < -0.3 is 5.32 Å². The fourth-order valence-corrected chi connectivity index (χ4v) is 5.47. The van der Waals surface area contributed by atoms with Crippen LogP contribution in [0, 0.1) is 5.92 Å². The molecular formula is C15H18ClNO3S. The molecular weight excluding hydrogens is 310 g/mol. The van der Waals surface area contributed by atoms with Crippen molar-refractivity contribution in [3.63, 3.8) is 0 Å². The Kier molecular flexibility index (Phi) is 3.53. The second-order valence-electron chi connectivity index (χ2n) is 6.36. The molecule has 0 radical (unpaired) electrons. The summed E-state index contributed by atoms with van der Waals surface area (Å²) in [5.74, 6) is 0.197. The number of amides is 1. The van der Waals surface area contributed by atoms with Crippen molar-refractivity contribution in [2.75, 3.05) is 11.5 Å². The van der Waals surface area contributed by atoms with Crippen LogP contribution in [0.2, 0.25) is 5.02 Å². The highest BCUT2D eigenvalue weighted by molar-refractivity contribution is 7.91. The number of sulfone groups is 1. The minimum atomic E-state index is -3.01. The molecule has 1 saturated heterocycles. The number of halogens is 1. The molecule has 0 spiro atoms. The first-order valence-electron chi connectivity index (χ1n) is 7.07. The molecule has 21 heavy (non-hydrogen) atoms. The van der Waals surface area contributed by atoms with Gasteiger partial charge >= 0.3 is 0 Å². The van der Waals surface area contributed by atoms with Crippen molar-refractivity contribution in [3.05, 3.63) is 34.9 Å². The molecule has 1 aromatic carbocycles. The molecule has 3 atom stereocenters. The SMILES string of the molecule is CC1(NC(=O)C2CC2c2ccccc2Cl)CCS(=O)(=O)C1. The Balaban J connectivity index is 1.65. The quantitative estimate of drug-likeness (QED) is 0.925. The summed E-state index contributed by atoms with van der Waals surface area (Å²) in [5, 5.41) is 3.62. The van der Waals surface area contributed by atoms with Crippen LogP contribution in [0.25, 0.3) is 0 Å². The lowest BCUT2D eigenvalue weighted by molar-refractivity contribution is -0.123. The number of benzene rings is 1. The van der Waals surface area contributed by atoms with Gasteiger partial charge in [0.25, 0.3) is 0 Å².